The summed E-state index contributed by atoms with van der Waals surface area (Å²) in [5, 5.41) is 9.72. The van der Waals surface area contributed by atoms with Crippen molar-refractivity contribution in [3.63, 3.8) is 0 Å². The molecule has 20 heavy (non-hydrogen) atoms. The van der Waals surface area contributed by atoms with E-state index in [-0.39, 0.29) is 12.1 Å². The van der Waals surface area contributed by atoms with Crippen LogP contribution in [-0.4, -0.2) is 23.8 Å². The lowest BCUT2D eigenvalue weighted by Crippen LogP contribution is -2.13. The van der Waals surface area contributed by atoms with Crippen molar-refractivity contribution in [2.45, 2.75) is 58.0 Å². The van der Waals surface area contributed by atoms with E-state index in [4.69, 9.17) is 4.74 Å². The molecule has 0 radical (unpaired) electrons. The fraction of sp³-hybridized carbons (Fsp3) is 0.588. The van der Waals surface area contributed by atoms with Gasteiger partial charge in [-0.05, 0) is 18.4 Å². The van der Waals surface area contributed by atoms with Crippen molar-refractivity contribution in [3.8, 4) is 0 Å². The second-order valence-electron chi connectivity index (χ2n) is 5.14. The number of carbonyl (C=O) groups excluding carboxylic acids is 1. The van der Waals surface area contributed by atoms with E-state index in [9.17, 15) is 9.90 Å². The van der Waals surface area contributed by atoms with Gasteiger partial charge < -0.3 is 9.84 Å². The molecular weight excluding hydrogens is 252 g/mol. The first-order valence-corrected chi connectivity index (χ1v) is 7.60. The third-order valence-corrected chi connectivity index (χ3v) is 3.32. The summed E-state index contributed by atoms with van der Waals surface area (Å²) in [6.07, 6.45) is 5.28. The maximum atomic E-state index is 11.5. The van der Waals surface area contributed by atoms with Crippen LogP contribution in [0.15, 0.2) is 30.3 Å². The predicted molar refractivity (Wildman–Crippen MR) is 80.5 cm³/mol. The first-order chi connectivity index (χ1) is 9.72. The predicted octanol–water partition coefficient (Wildman–Crippen LogP) is 3.49. The zero-order valence-corrected chi connectivity index (χ0v) is 12.4. The van der Waals surface area contributed by atoms with Gasteiger partial charge in [0.25, 0.3) is 0 Å². The van der Waals surface area contributed by atoms with E-state index >= 15 is 0 Å². The Morgan fingerprint density at radius 1 is 1.20 bits per heavy atom. The lowest BCUT2D eigenvalue weighted by molar-refractivity contribution is -0.144. The van der Waals surface area contributed by atoms with Gasteiger partial charge in [-0.25, -0.2) is 0 Å². The molecule has 0 heterocycles. The van der Waals surface area contributed by atoms with Gasteiger partial charge in [-0.1, -0.05) is 56.5 Å². The zero-order valence-electron chi connectivity index (χ0n) is 12.4. The van der Waals surface area contributed by atoms with Crippen molar-refractivity contribution >= 4 is 5.97 Å². The molecule has 0 aliphatic rings. The molecule has 0 aliphatic heterocycles. The highest BCUT2D eigenvalue weighted by molar-refractivity contribution is 5.69. The quantitative estimate of drug-likeness (QED) is 0.526. The molecule has 0 fully saturated rings. The largest absolute Gasteiger partial charge is 0.465 e. The maximum Gasteiger partial charge on any atom is 0.305 e. The summed E-state index contributed by atoms with van der Waals surface area (Å²) in [5.74, 6) is -0.213. The number of esters is 1. The number of benzene rings is 1. The molecule has 0 saturated heterocycles. The van der Waals surface area contributed by atoms with Gasteiger partial charge in [0.05, 0.1) is 12.7 Å². The molecule has 1 N–H and O–H groups in total. The molecule has 0 spiro atoms. The SMILES string of the molecule is CCCCCC(O)CCC(=O)OCCc1ccccc1. The Hall–Kier alpha value is -1.35. The molecule has 112 valence electrons. The standard InChI is InChI=1S/C17H26O3/c1-2-3-5-10-16(18)11-12-17(19)20-14-13-15-8-6-4-7-9-15/h4,6-9,16,18H,2-3,5,10-14H2,1H3. The summed E-state index contributed by atoms with van der Waals surface area (Å²) in [6.45, 7) is 2.55. The summed E-state index contributed by atoms with van der Waals surface area (Å²) >= 11 is 0. The first-order valence-electron chi connectivity index (χ1n) is 7.60. The molecule has 1 aromatic rings. The van der Waals surface area contributed by atoms with E-state index in [0.717, 1.165) is 32.1 Å². The normalized spacial score (nSPS) is 12.1. The molecule has 0 aliphatic carbocycles. The minimum Gasteiger partial charge on any atom is -0.465 e. The molecule has 1 atom stereocenters. The molecule has 3 nitrogen and oxygen atoms in total. The number of aliphatic hydroxyl groups excluding tert-OH is 1. The third-order valence-electron chi connectivity index (χ3n) is 3.32. The lowest BCUT2D eigenvalue weighted by atomic mass is 10.1. The number of aliphatic hydroxyl groups is 1. The van der Waals surface area contributed by atoms with E-state index in [0.29, 0.717) is 19.4 Å². The molecule has 0 bridgehead atoms. The van der Waals surface area contributed by atoms with Crippen molar-refractivity contribution in [1.82, 2.24) is 0 Å². The van der Waals surface area contributed by atoms with Gasteiger partial charge >= 0.3 is 5.97 Å². The zero-order chi connectivity index (χ0) is 14.6. The number of unbranched alkanes of at least 4 members (excludes halogenated alkanes) is 2. The van der Waals surface area contributed by atoms with Gasteiger partial charge in [0.2, 0.25) is 0 Å². The Kier molecular flexibility index (Phi) is 8.72. The van der Waals surface area contributed by atoms with Gasteiger partial charge in [-0.2, -0.15) is 0 Å². The average Bonchev–Trinajstić information content (AvgIpc) is 2.46. The van der Waals surface area contributed by atoms with Crippen LogP contribution in [0.1, 0.15) is 51.0 Å². The summed E-state index contributed by atoms with van der Waals surface area (Å²) in [4.78, 5) is 11.5. The molecule has 0 aromatic heterocycles. The van der Waals surface area contributed by atoms with Crippen LogP contribution in [0.3, 0.4) is 0 Å². The highest BCUT2D eigenvalue weighted by atomic mass is 16.5. The van der Waals surface area contributed by atoms with E-state index in [2.05, 4.69) is 6.92 Å². The molecular formula is C17H26O3. The van der Waals surface area contributed by atoms with E-state index in [1.165, 1.54) is 5.56 Å². The van der Waals surface area contributed by atoms with Crippen molar-refractivity contribution in [1.29, 1.82) is 0 Å². The van der Waals surface area contributed by atoms with Crippen LogP contribution in [0.2, 0.25) is 0 Å². The lowest BCUT2D eigenvalue weighted by Gasteiger charge is -2.10. The number of ether oxygens (including phenoxy) is 1. The maximum absolute atomic E-state index is 11.5. The van der Waals surface area contributed by atoms with E-state index < -0.39 is 0 Å². The Balaban J connectivity index is 2.05. The van der Waals surface area contributed by atoms with Crippen LogP contribution < -0.4 is 0 Å². The Morgan fingerprint density at radius 3 is 2.65 bits per heavy atom. The van der Waals surface area contributed by atoms with Crippen LogP contribution in [0.25, 0.3) is 0 Å². The summed E-state index contributed by atoms with van der Waals surface area (Å²) in [5.41, 5.74) is 1.17. The Bertz CT molecular complexity index is 362. The smallest absolute Gasteiger partial charge is 0.305 e. The van der Waals surface area contributed by atoms with Gasteiger partial charge in [-0.3, -0.25) is 4.79 Å². The summed E-state index contributed by atoms with van der Waals surface area (Å²) in [7, 11) is 0. The van der Waals surface area contributed by atoms with Crippen molar-refractivity contribution in [2.24, 2.45) is 0 Å². The van der Waals surface area contributed by atoms with Crippen LogP contribution in [0.4, 0.5) is 0 Å². The van der Waals surface area contributed by atoms with Crippen molar-refractivity contribution in [2.75, 3.05) is 6.61 Å². The van der Waals surface area contributed by atoms with Gasteiger partial charge in [0.15, 0.2) is 0 Å². The second-order valence-corrected chi connectivity index (χ2v) is 5.14. The topological polar surface area (TPSA) is 46.5 Å². The highest BCUT2D eigenvalue weighted by Gasteiger charge is 2.09. The second kappa shape index (κ2) is 10.4. The van der Waals surface area contributed by atoms with Gasteiger partial charge in [0.1, 0.15) is 0 Å². The van der Waals surface area contributed by atoms with Crippen molar-refractivity contribution < 1.29 is 14.6 Å². The molecule has 3 heteroatoms. The Morgan fingerprint density at radius 2 is 1.95 bits per heavy atom. The van der Waals surface area contributed by atoms with Crippen LogP contribution >= 0.6 is 0 Å². The Labute approximate surface area is 122 Å². The number of rotatable bonds is 10. The molecule has 0 amide bonds. The number of hydrogen-bond donors (Lipinski definition) is 1. The van der Waals surface area contributed by atoms with Crippen molar-refractivity contribution in [3.05, 3.63) is 35.9 Å². The molecule has 1 aromatic carbocycles. The number of hydrogen-bond acceptors (Lipinski definition) is 3. The molecule has 1 rings (SSSR count). The summed E-state index contributed by atoms with van der Waals surface area (Å²) in [6, 6.07) is 9.96. The summed E-state index contributed by atoms with van der Waals surface area (Å²) < 4.78 is 5.17. The first kappa shape index (κ1) is 16.7. The minimum atomic E-state index is -0.372. The van der Waals surface area contributed by atoms with Crippen LogP contribution in [0.5, 0.6) is 0 Å². The van der Waals surface area contributed by atoms with Crippen LogP contribution in [-0.2, 0) is 16.0 Å². The fourth-order valence-corrected chi connectivity index (χ4v) is 2.06. The van der Waals surface area contributed by atoms with Gasteiger partial charge in [0, 0.05) is 12.8 Å². The average molecular weight is 278 g/mol. The van der Waals surface area contributed by atoms with E-state index in [1.54, 1.807) is 0 Å². The molecule has 1 unspecified atom stereocenters. The minimum absolute atomic E-state index is 0.213. The monoisotopic (exact) mass is 278 g/mol. The third kappa shape index (κ3) is 7.95. The highest BCUT2D eigenvalue weighted by Crippen LogP contribution is 2.09. The number of carbonyl (C=O) groups is 1. The molecule has 0 saturated carbocycles. The fourth-order valence-electron chi connectivity index (χ4n) is 2.06. The van der Waals surface area contributed by atoms with Crippen LogP contribution in [0, 0.1) is 0 Å². The van der Waals surface area contributed by atoms with E-state index in [1.807, 2.05) is 30.3 Å². The van der Waals surface area contributed by atoms with Gasteiger partial charge in [-0.15, -0.1) is 0 Å².